The van der Waals surface area contributed by atoms with Crippen molar-refractivity contribution < 1.29 is 14.3 Å². The number of carbonyl (C=O) groups is 1. The number of benzene rings is 1. The minimum atomic E-state index is 0.200. The number of hydrogen-bond acceptors (Lipinski definition) is 5. The lowest BCUT2D eigenvalue weighted by molar-refractivity contribution is 0.112. The van der Waals surface area contributed by atoms with Crippen molar-refractivity contribution in [3.63, 3.8) is 0 Å². The van der Waals surface area contributed by atoms with Gasteiger partial charge in [-0.1, -0.05) is 12.2 Å². The molecular weight excluding hydrogens is 270 g/mol. The van der Waals surface area contributed by atoms with E-state index in [0.717, 1.165) is 17.4 Å². The van der Waals surface area contributed by atoms with Gasteiger partial charge >= 0.3 is 0 Å². The number of nitrogens with two attached hydrogens (primary N) is 1. The molecule has 6 nitrogen and oxygen atoms in total. The molecule has 0 aliphatic carbocycles. The van der Waals surface area contributed by atoms with Gasteiger partial charge in [0, 0.05) is 5.56 Å². The number of aromatic nitrogens is 2. The van der Waals surface area contributed by atoms with Crippen molar-refractivity contribution >= 4 is 12.1 Å². The van der Waals surface area contributed by atoms with Crippen LogP contribution >= 0.6 is 0 Å². The topological polar surface area (TPSA) is 79.4 Å². The Hall–Kier alpha value is -2.76. The molecule has 21 heavy (non-hydrogen) atoms. The maximum absolute atomic E-state index is 11.3. The quantitative estimate of drug-likeness (QED) is 0.688. The molecule has 1 aliphatic rings. The number of nitrogen functional groups attached to an aromatic ring is 1. The van der Waals surface area contributed by atoms with Gasteiger partial charge in [0.1, 0.15) is 11.5 Å². The maximum Gasteiger partial charge on any atom is 0.231 e. The van der Waals surface area contributed by atoms with Crippen LogP contribution in [-0.2, 0) is 6.54 Å². The van der Waals surface area contributed by atoms with Crippen LogP contribution in [-0.4, -0.2) is 22.9 Å². The average Bonchev–Trinajstić information content (AvgIpc) is 3.03. The van der Waals surface area contributed by atoms with E-state index in [-0.39, 0.29) is 6.79 Å². The van der Waals surface area contributed by atoms with Crippen LogP contribution in [0.25, 0.3) is 11.3 Å². The molecule has 0 amide bonds. The molecule has 3 rings (SSSR count). The van der Waals surface area contributed by atoms with Crippen LogP contribution in [0, 0.1) is 0 Å². The molecule has 1 aliphatic heterocycles. The molecule has 6 heteroatoms. The minimum Gasteiger partial charge on any atom is -0.454 e. The fourth-order valence-corrected chi connectivity index (χ4v) is 2.24. The van der Waals surface area contributed by atoms with Crippen LogP contribution in [0.5, 0.6) is 11.5 Å². The third-order valence-electron chi connectivity index (χ3n) is 3.21. The smallest absolute Gasteiger partial charge is 0.231 e. The molecule has 0 radical (unpaired) electrons. The first-order chi connectivity index (χ1) is 10.1. The van der Waals surface area contributed by atoms with Gasteiger partial charge in [0.05, 0.1) is 12.1 Å². The van der Waals surface area contributed by atoms with Gasteiger partial charge in [0.2, 0.25) is 6.79 Å². The van der Waals surface area contributed by atoms with Crippen LogP contribution in [0.3, 0.4) is 0 Å². The Balaban J connectivity index is 2.09. The standard InChI is InChI=1S/C15H15N3O3/c1-9(2)6-18-15(16)11(7-19)14(17-18)10-3-4-12-13(5-10)21-8-20-12/h3-5,7H,1,6,8,16H2,2H3. The second-order valence-corrected chi connectivity index (χ2v) is 4.95. The van der Waals surface area contributed by atoms with E-state index in [2.05, 4.69) is 11.7 Å². The Morgan fingerprint density at radius 1 is 1.48 bits per heavy atom. The second kappa shape index (κ2) is 4.97. The van der Waals surface area contributed by atoms with Crippen LogP contribution in [0.2, 0.25) is 0 Å². The normalized spacial score (nSPS) is 12.4. The van der Waals surface area contributed by atoms with Crippen LogP contribution in [0.15, 0.2) is 30.4 Å². The fraction of sp³-hybridized carbons (Fsp3) is 0.200. The van der Waals surface area contributed by atoms with Crippen molar-refractivity contribution in [1.82, 2.24) is 9.78 Å². The number of ether oxygens (including phenoxy) is 2. The number of allylic oxidation sites excluding steroid dienone is 1. The molecule has 2 N–H and O–H groups in total. The molecule has 0 bridgehead atoms. The largest absolute Gasteiger partial charge is 0.454 e. The Morgan fingerprint density at radius 3 is 2.95 bits per heavy atom. The highest BCUT2D eigenvalue weighted by Crippen LogP contribution is 2.37. The monoisotopic (exact) mass is 285 g/mol. The summed E-state index contributed by atoms with van der Waals surface area (Å²) in [5.41, 5.74) is 8.55. The predicted molar refractivity (Wildman–Crippen MR) is 78.4 cm³/mol. The van der Waals surface area contributed by atoms with Gasteiger partial charge in [-0.15, -0.1) is 0 Å². The predicted octanol–water partition coefficient (Wildman–Crippen LogP) is 2.25. The first kappa shape index (κ1) is 13.2. The van der Waals surface area contributed by atoms with E-state index < -0.39 is 0 Å². The highest BCUT2D eigenvalue weighted by Gasteiger charge is 2.20. The van der Waals surface area contributed by atoms with Crippen LogP contribution in [0.4, 0.5) is 5.82 Å². The number of aldehydes is 1. The van der Waals surface area contributed by atoms with E-state index in [0.29, 0.717) is 35.1 Å². The van der Waals surface area contributed by atoms with Crippen molar-refractivity contribution in [1.29, 1.82) is 0 Å². The fourth-order valence-electron chi connectivity index (χ4n) is 2.24. The summed E-state index contributed by atoms with van der Waals surface area (Å²) in [6, 6.07) is 5.41. The molecule has 0 fully saturated rings. The van der Waals surface area contributed by atoms with E-state index >= 15 is 0 Å². The van der Waals surface area contributed by atoms with Crippen LogP contribution < -0.4 is 15.2 Å². The Morgan fingerprint density at radius 2 is 2.24 bits per heavy atom. The lowest BCUT2D eigenvalue weighted by Crippen LogP contribution is -2.05. The summed E-state index contributed by atoms with van der Waals surface area (Å²) in [7, 11) is 0. The van der Waals surface area contributed by atoms with Gasteiger partial charge in [0.15, 0.2) is 17.8 Å². The Bertz CT molecular complexity index is 734. The van der Waals surface area contributed by atoms with Gasteiger partial charge in [-0.3, -0.25) is 4.79 Å². The third-order valence-corrected chi connectivity index (χ3v) is 3.21. The van der Waals surface area contributed by atoms with Crippen LogP contribution in [0.1, 0.15) is 17.3 Å². The average molecular weight is 285 g/mol. The lowest BCUT2D eigenvalue weighted by atomic mass is 10.1. The van der Waals surface area contributed by atoms with Crippen molar-refractivity contribution in [2.45, 2.75) is 13.5 Å². The van der Waals surface area contributed by atoms with Gasteiger partial charge in [-0.2, -0.15) is 5.10 Å². The summed E-state index contributed by atoms with van der Waals surface area (Å²) in [5.74, 6) is 1.65. The van der Waals surface area contributed by atoms with E-state index in [1.807, 2.05) is 13.0 Å². The molecule has 0 atom stereocenters. The first-order valence-corrected chi connectivity index (χ1v) is 6.46. The summed E-state index contributed by atoms with van der Waals surface area (Å²) in [6.07, 6.45) is 0.719. The number of rotatable bonds is 4. The number of fused-ring (bicyclic) bond motifs is 1. The molecule has 1 aromatic carbocycles. The van der Waals surface area contributed by atoms with E-state index in [1.54, 1.807) is 16.8 Å². The summed E-state index contributed by atoms with van der Waals surface area (Å²) in [4.78, 5) is 11.3. The van der Waals surface area contributed by atoms with Gasteiger partial charge in [0.25, 0.3) is 0 Å². The Labute approximate surface area is 121 Å². The molecule has 0 spiro atoms. The Kier molecular flexibility index (Phi) is 3.13. The number of carbonyl (C=O) groups excluding carboxylic acids is 1. The summed E-state index contributed by atoms with van der Waals surface area (Å²) < 4.78 is 12.2. The SMILES string of the molecule is C=C(C)Cn1nc(-c2ccc3c(c2)OCO3)c(C=O)c1N. The van der Waals surface area contributed by atoms with E-state index in [9.17, 15) is 4.79 Å². The first-order valence-electron chi connectivity index (χ1n) is 6.46. The third kappa shape index (κ3) is 2.24. The number of nitrogens with zero attached hydrogens (tertiary/aromatic N) is 2. The van der Waals surface area contributed by atoms with Gasteiger partial charge < -0.3 is 15.2 Å². The zero-order chi connectivity index (χ0) is 15.0. The van der Waals surface area contributed by atoms with Gasteiger partial charge in [-0.25, -0.2) is 4.68 Å². The second-order valence-electron chi connectivity index (χ2n) is 4.95. The molecule has 0 saturated heterocycles. The van der Waals surface area contributed by atoms with E-state index in [1.165, 1.54) is 0 Å². The number of anilines is 1. The summed E-state index contributed by atoms with van der Waals surface area (Å²) in [5, 5.41) is 4.42. The zero-order valence-electron chi connectivity index (χ0n) is 11.6. The van der Waals surface area contributed by atoms with Crippen molar-refractivity contribution in [3.8, 4) is 22.8 Å². The minimum absolute atomic E-state index is 0.200. The summed E-state index contributed by atoms with van der Waals surface area (Å²) >= 11 is 0. The molecule has 1 aromatic heterocycles. The molecule has 2 heterocycles. The highest BCUT2D eigenvalue weighted by atomic mass is 16.7. The zero-order valence-corrected chi connectivity index (χ0v) is 11.6. The molecule has 108 valence electrons. The van der Waals surface area contributed by atoms with Gasteiger partial charge in [-0.05, 0) is 25.1 Å². The van der Waals surface area contributed by atoms with Crippen molar-refractivity contribution in [2.75, 3.05) is 12.5 Å². The number of hydrogen-bond donors (Lipinski definition) is 1. The van der Waals surface area contributed by atoms with Crippen molar-refractivity contribution in [2.24, 2.45) is 0 Å². The lowest BCUT2D eigenvalue weighted by Gasteiger charge is -2.02. The maximum atomic E-state index is 11.3. The van der Waals surface area contributed by atoms with Crippen molar-refractivity contribution in [3.05, 3.63) is 35.9 Å². The molecule has 0 unspecified atom stereocenters. The highest BCUT2D eigenvalue weighted by molar-refractivity contribution is 5.91. The molecule has 0 saturated carbocycles. The molecule has 2 aromatic rings. The van der Waals surface area contributed by atoms with E-state index in [4.69, 9.17) is 15.2 Å². The summed E-state index contributed by atoms with van der Waals surface area (Å²) in [6.45, 7) is 6.38. The molecular formula is C15H15N3O3.